The number of thiophene rings is 1. The third kappa shape index (κ3) is 2.22. The number of hydrogen-bond acceptors (Lipinski definition) is 3. The van der Waals surface area contributed by atoms with E-state index in [1.807, 2.05) is 23.9 Å². The van der Waals surface area contributed by atoms with Crippen LogP contribution in [-0.2, 0) is 6.42 Å². The Morgan fingerprint density at radius 2 is 2.33 bits per heavy atom. The molecule has 4 heteroatoms. The van der Waals surface area contributed by atoms with E-state index in [0.29, 0.717) is 12.0 Å². The molecule has 0 spiro atoms. The lowest BCUT2D eigenvalue weighted by molar-refractivity contribution is 0.407. The highest BCUT2D eigenvalue weighted by molar-refractivity contribution is 7.11. The van der Waals surface area contributed by atoms with E-state index < -0.39 is 0 Å². The minimum atomic E-state index is 0.487. The lowest BCUT2D eigenvalue weighted by Gasteiger charge is -2.29. The van der Waals surface area contributed by atoms with Crippen LogP contribution >= 0.6 is 11.3 Å². The Morgan fingerprint density at radius 3 is 2.94 bits per heavy atom. The molecule has 0 saturated carbocycles. The van der Waals surface area contributed by atoms with E-state index in [-0.39, 0.29) is 0 Å². The lowest BCUT2D eigenvalue weighted by Crippen LogP contribution is -2.41. The second-order valence-corrected chi connectivity index (χ2v) is 6.52. The predicted molar refractivity (Wildman–Crippen MR) is 75.3 cm³/mol. The molecule has 1 fully saturated rings. The second kappa shape index (κ2) is 4.86. The Bertz CT molecular complexity index is 525. The van der Waals surface area contributed by atoms with Gasteiger partial charge in [-0.2, -0.15) is 0 Å². The van der Waals surface area contributed by atoms with Crippen molar-refractivity contribution in [2.75, 3.05) is 13.1 Å². The van der Waals surface area contributed by atoms with Crippen molar-refractivity contribution in [1.29, 1.82) is 0 Å². The number of hydrogen-bond donors (Lipinski definition) is 1. The van der Waals surface area contributed by atoms with Crippen molar-refractivity contribution in [2.45, 2.75) is 32.2 Å². The molecule has 0 aliphatic carbocycles. The Kier molecular flexibility index (Phi) is 3.22. The molecule has 1 aliphatic rings. The predicted octanol–water partition coefficient (Wildman–Crippen LogP) is 2.74. The summed E-state index contributed by atoms with van der Waals surface area (Å²) < 4.78 is 2.35. The number of rotatable bonds is 4. The number of aromatic nitrogens is 2. The van der Waals surface area contributed by atoms with E-state index in [0.717, 1.165) is 19.5 Å². The van der Waals surface area contributed by atoms with Crippen molar-refractivity contribution in [3.63, 3.8) is 0 Å². The zero-order chi connectivity index (χ0) is 12.5. The van der Waals surface area contributed by atoms with Gasteiger partial charge in [0, 0.05) is 53.1 Å². The van der Waals surface area contributed by atoms with E-state index in [4.69, 9.17) is 0 Å². The smallest absolute Gasteiger partial charge is 0.0950 e. The van der Waals surface area contributed by atoms with Crippen LogP contribution in [0.5, 0.6) is 0 Å². The average Bonchev–Trinajstić information content (AvgIpc) is 2.85. The van der Waals surface area contributed by atoms with Gasteiger partial charge >= 0.3 is 0 Å². The van der Waals surface area contributed by atoms with E-state index in [9.17, 15) is 0 Å². The van der Waals surface area contributed by atoms with Crippen molar-refractivity contribution < 1.29 is 0 Å². The maximum absolute atomic E-state index is 4.33. The molecule has 2 aromatic heterocycles. The molecule has 3 rings (SSSR count). The quantitative estimate of drug-likeness (QED) is 0.917. The van der Waals surface area contributed by atoms with Crippen molar-refractivity contribution in [1.82, 2.24) is 14.9 Å². The van der Waals surface area contributed by atoms with Crippen LogP contribution in [-0.4, -0.2) is 22.6 Å². The first-order valence-corrected chi connectivity index (χ1v) is 7.33. The molecule has 0 aromatic carbocycles. The van der Waals surface area contributed by atoms with Gasteiger partial charge in [-0.3, -0.25) is 0 Å². The number of aryl methyl sites for hydroxylation is 1. The normalized spacial score (nSPS) is 17.7. The largest absolute Gasteiger partial charge is 0.331 e. The Balaban J connectivity index is 1.75. The van der Waals surface area contributed by atoms with Crippen LogP contribution < -0.4 is 5.32 Å². The van der Waals surface area contributed by atoms with Crippen LogP contribution in [0.2, 0.25) is 0 Å². The minimum absolute atomic E-state index is 0.487. The molecule has 1 saturated heterocycles. The van der Waals surface area contributed by atoms with Gasteiger partial charge in [0.25, 0.3) is 0 Å². The summed E-state index contributed by atoms with van der Waals surface area (Å²) in [4.78, 5) is 7.19. The van der Waals surface area contributed by atoms with E-state index in [1.54, 1.807) is 0 Å². The summed E-state index contributed by atoms with van der Waals surface area (Å²) in [5.74, 6) is 0.653. The maximum atomic E-state index is 4.33. The third-order valence-electron chi connectivity index (χ3n) is 3.66. The fourth-order valence-electron chi connectivity index (χ4n) is 2.48. The highest BCUT2D eigenvalue weighted by Gasteiger charge is 2.24. The van der Waals surface area contributed by atoms with Crippen LogP contribution in [0.3, 0.4) is 0 Å². The topological polar surface area (TPSA) is 29.9 Å². The monoisotopic (exact) mass is 261 g/mol. The molecule has 3 nitrogen and oxygen atoms in total. The highest BCUT2D eigenvalue weighted by Crippen LogP contribution is 2.26. The molecule has 18 heavy (non-hydrogen) atoms. The van der Waals surface area contributed by atoms with Gasteiger partial charge in [0.05, 0.1) is 6.33 Å². The Morgan fingerprint density at radius 1 is 1.50 bits per heavy atom. The lowest BCUT2D eigenvalue weighted by atomic mass is 9.99. The first kappa shape index (κ1) is 11.9. The molecule has 2 aromatic rings. The summed E-state index contributed by atoms with van der Waals surface area (Å²) in [6.45, 7) is 6.64. The summed E-state index contributed by atoms with van der Waals surface area (Å²) in [5, 5.41) is 3.33. The first-order chi connectivity index (χ1) is 8.74. The zero-order valence-electron chi connectivity index (χ0n) is 10.9. The molecule has 96 valence electrons. The van der Waals surface area contributed by atoms with Crippen LogP contribution in [0.4, 0.5) is 0 Å². The van der Waals surface area contributed by atoms with Crippen molar-refractivity contribution in [3.05, 3.63) is 40.1 Å². The number of nitrogens with one attached hydrogen (secondary N) is 1. The molecule has 0 bridgehead atoms. The van der Waals surface area contributed by atoms with E-state index >= 15 is 0 Å². The molecule has 0 radical (unpaired) electrons. The van der Waals surface area contributed by atoms with Gasteiger partial charge in [0.1, 0.15) is 0 Å². The molecule has 1 unspecified atom stereocenters. The molecule has 3 heterocycles. The van der Waals surface area contributed by atoms with Gasteiger partial charge in [-0.05, 0) is 26.0 Å². The van der Waals surface area contributed by atoms with E-state index in [1.165, 1.54) is 15.4 Å². The van der Waals surface area contributed by atoms with Crippen LogP contribution in [0.15, 0.2) is 24.7 Å². The Hall–Kier alpha value is -1.13. The van der Waals surface area contributed by atoms with Gasteiger partial charge in [-0.25, -0.2) is 4.98 Å². The fourth-order valence-corrected chi connectivity index (χ4v) is 3.49. The Labute approximate surface area is 112 Å². The summed E-state index contributed by atoms with van der Waals surface area (Å²) in [7, 11) is 0. The van der Waals surface area contributed by atoms with Crippen molar-refractivity contribution >= 4 is 11.3 Å². The van der Waals surface area contributed by atoms with Gasteiger partial charge in [0.15, 0.2) is 0 Å². The number of nitrogens with zero attached hydrogens (tertiary/aromatic N) is 2. The van der Waals surface area contributed by atoms with Gasteiger partial charge in [-0.15, -0.1) is 11.3 Å². The number of imidazole rings is 1. The van der Waals surface area contributed by atoms with Gasteiger partial charge in [0.2, 0.25) is 0 Å². The van der Waals surface area contributed by atoms with Gasteiger partial charge < -0.3 is 9.88 Å². The maximum Gasteiger partial charge on any atom is 0.0950 e. The summed E-state index contributed by atoms with van der Waals surface area (Å²) in [5.41, 5.74) is 1.38. The fraction of sp³-hybridized carbons (Fsp3) is 0.500. The highest BCUT2D eigenvalue weighted by atomic mass is 32.1. The third-order valence-corrected chi connectivity index (χ3v) is 4.69. The molecule has 1 aliphatic heterocycles. The van der Waals surface area contributed by atoms with Crippen LogP contribution in [0, 0.1) is 6.92 Å². The zero-order valence-corrected chi connectivity index (χ0v) is 11.7. The molecular formula is C14H19N3S. The van der Waals surface area contributed by atoms with Crippen molar-refractivity contribution in [2.24, 2.45) is 0 Å². The van der Waals surface area contributed by atoms with Crippen LogP contribution in [0.25, 0.3) is 0 Å². The van der Waals surface area contributed by atoms with Gasteiger partial charge in [-0.1, -0.05) is 0 Å². The second-order valence-electron chi connectivity index (χ2n) is 5.15. The average molecular weight is 261 g/mol. The SMILES string of the molecule is Cc1ccc(CC(C)n2cncc2C2CNC2)s1. The van der Waals surface area contributed by atoms with Crippen molar-refractivity contribution in [3.8, 4) is 0 Å². The summed E-state index contributed by atoms with van der Waals surface area (Å²) in [6.07, 6.45) is 5.11. The van der Waals surface area contributed by atoms with Crippen LogP contribution in [0.1, 0.15) is 34.3 Å². The summed E-state index contributed by atoms with van der Waals surface area (Å²) >= 11 is 1.90. The molecule has 1 atom stereocenters. The molecular weight excluding hydrogens is 242 g/mol. The molecule has 1 N–H and O–H groups in total. The minimum Gasteiger partial charge on any atom is -0.331 e. The first-order valence-electron chi connectivity index (χ1n) is 6.52. The van der Waals surface area contributed by atoms with E-state index in [2.05, 4.69) is 40.8 Å². The summed E-state index contributed by atoms with van der Waals surface area (Å²) in [6, 6.07) is 4.94. The molecule has 0 amide bonds. The standard InChI is InChI=1S/C14H19N3S/c1-10(5-13-4-3-11(2)18-13)17-9-16-8-14(17)12-6-15-7-12/h3-4,8-10,12,15H,5-7H2,1-2H3.